The maximum absolute atomic E-state index is 11.3. The van der Waals surface area contributed by atoms with Crippen molar-refractivity contribution in [1.29, 1.82) is 0 Å². The molecule has 1 atom stereocenters. The lowest BCUT2D eigenvalue weighted by Gasteiger charge is -2.08. The van der Waals surface area contributed by atoms with Crippen LogP contribution in [-0.4, -0.2) is 17.1 Å². The van der Waals surface area contributed by atoms with Crippen molar-refractivity contribution in [2.24, 2.45) is 0 Å². The van der Waals surface area contributed by atoms with E-state index in [2.05, 4.69) is 5.32 Å². The Kier molecular flexibility index (Phi) is 3.65. The van der Waals surface area contributed by atoms with Gasteiger partial charge in [-0.05, 0) is 25.5 Å². The smallest absolute Gasteiger partial charge is 0.226 e. The predicted molar refractivity (Wildman–Crippen MR) is 56.1 cm³/mol. The molecule has 0 saturated carbocycles. The second-order valence-electron chi connectivity index (χ2n) is 3.42. The number of carbonyl (C=O) groups is 1. The summed E-state index contributed by atoms with van der Waals surface area (Å²) in [7, 11) is 0. The van der Waals surface area contributed by atoms with Crippen LogP contribution in [0.4, 0.5) is 5.69 Å². The maximum Gasteiger partial charge on any atom is 0.226 e. The monoisotopic (exact) mass is 193 g/mol. The predicted octanol–water partition coefficient (Wildman–Crippen LogP) is 1.70. The molecule has 0 radical (unpaired) electrons. The van der Waals surface area contributed by atoms with Crippen LogP contribution in [0.25, 0.3) is 0 Å². The summed E-state index contributed by atoms with van der Waals surface area (Å²) >= 11 is 0. The number of rotatable bonds is 3. The first-order valence-corrected chi connectivity index (χ1v) is 4.63. The molecule has 1 aromatic carbocycles. The summed E-state index contributed by atoms with van der Waals surface area (Å²) < 4.78 is 0. The van der Waals surface area contributed by atoms with Gasteiger partial charge in [0.15, 0.2) is 0 Å². The molecule has 1 aromatic rings. The molecule has 14 heavy (non-hydrogen) atoms. The number of aryl methyl sites for hydroxylation is 1. The van der Waals surface area contributed by atoms with Gasteiger partial charge in [-0.25, -0.2) is 0 Å². The standard InChI is InChI=1S/C11H15NO2/c1-8-5-3-4-6-10(8)12-11(14)7-9(2)13/h3-6,9,13H,7H2,1-2H3,(H,12,14)/t9-/m0/s1. The molecule has 0 aromatic heterocycles. The Morgan fingerprint density at radius 3 is 2.71 bits per heavy atom. The minimum absolute atomic E-state index is 0.133. The highest BCUT2D eigenvalue weighted by Gasteiger charge is 2.06. The molecule has 0 saturated heterocycles. The Morgan fingerprint density at radius 2 is 2.14 bits per heavy atom. The maximum atomic E-state index is 11.3. The molecule has 3 heteroatoms. The van der Waals surface area contributed by atoms with E-state index in [0.717, 1.165) is 11.3 Å². The van der Waals surface area contributed by atoms with E-state index >= 15 is 0 Å². The molecule has 0 fully saturated rings. The Morgan fingerprint density at radius 1 is 1.50 bits per heavy atom. The van der Waals surface area contributed by atoms with Crippen molar-refractivity contribution >= 4 is 11.6 Å². The molecule has 3 nitrogen and oxygen atoms in total. The third-order valence-corrected chi connectivity index (χ3v) is 1.90. The van der Waals surface area contributed by atoms with Crippen molar-refractivity contribution in [3.8, 4) is 0 Å². The van der Waals surface area contributed by atoms with E-state index in [1.54, 1.807) is 6.92 Å². The van der Waals surface area contributed by atoms with Crippen molar-refractivity contribution < 1.29 is 9.90 Å². The molecule has 1 rings (SSSR count). The van der Waals surface area contributed by atoms with Gasteiger partial charge in [-0.15, -0.1) is 0 Å². The fraction of sp³-hybridized carbons (Fsp3) is 0.364. The number of carbonyl (C=O) groups excluding carboxylic acids is 1. The zero-order chi connectivity index (χ0) is 10.6. The van der Waals surface area contributed by atoms with E-state index < -0.39 is 6.10 Å². The van der Waals surface area contributed by atoms with E-state index in [9.17, 15) is 4.79 Å². The van der Waals surface area contributed by atoms with Gasteiger partial charge >= 0.3 is 0 Å². The molecule has 76 valence electrons. The van der Waals surface area contributed by atoms with Crippen LogP contribution in [0, 0.1) is 6.92 Å². The Balaban J connectivity index is 2.61. The zero-order valence-electron chi connectivity index (χ0n) is 8.45. The van der Waals surface area contributed by atoms with Gasteiger partial charge in [0.1, 0.15) is 0 Å². The molecule has 0 bridgehead atoms. The van der Waals surface area contributed by atoms with Gasteiger partial charge in [0, 0.05) is 5.69 Å². The molecule has 0 unspecified atom stereocenters. The van der Waals surface area contributed by atoms with E-state index in [1.807, 2.05) is 31.2 Å². The lowest BCUT2D eigenvalue weighted by atomic mass is 10.2. The third-order valence-electron chi connectivity index (χ3n) is 1.90. The van der Waals surface area contributed by atoms with Gasteiger partial charge in [0.2, 0.25) is 5.91 Å². The second kappa shape index (κ2) is 4.77. The van der Waals surface area contributed by atoms with Gasteiger partial charge in [-0.2, -0.15) is 0 Å². The van der Waals surface area contributed by atoms with E-state index in [4.69, 9.17) is 5.11 Å². The minimum atomic E-state index is -0.598. The summed E-state index contributed by atoms with van der Waals surface area (Å²) in [4.78, 5) is 11.3. The van der Waals surface area contributed by atoms with Gasteiger partial charge in [0.05, 0.1) is 12.5 Å². The van der Waals surface area contributed by atoms with Gasteiger partial charge < -0.3 is 10.4 Å². The summed E-state index contributed by atoms with van der Waals surface area (Å²) in [6.45, 7) is 3.52. The van der Waals surface area contributed by atoms with Crippen LogP contribution >= 0.6 is 0 Å². The Bertz CT molecular complexity index is 321. The van der Waals surface area contributed by atoms with Crippen LogP contribution in [0.15, 0.2) is 24.3 Å². The summed E-state index contributed by atoms with van der Waals surface area (Å²) in [6, 6.07) is 7.55. The van der Waals surface area contributed by atoms with Crippen molar-refractivity contribution in [2.75, 3.05) is 5.32 Å². The molecule has 0 heterocycles. The average Bonchev–Trinajstić information content (AvgIpc) is 2.07. The minimum Gasteiger partial charge on any atom is -0.393 e. The number of hydrogen-bond donors (Lipinski definition) is 2. The SMILES string of the molecule is Cc1ccccc1NC(=O)C[C@H](C)O. The zero-order valence-corrected chi connectivity index (χ0v) is 8.45. The average molecular weight is 193 g/mol. The highest BCUT2D eigenvalue weighted by Crippen LogP contribution is 2.13. The summed E-state index contributed by atoms with van der Waals surface area (Å²) in [6.07, 6.45) is -0.465. The number of benzene rings is 1. The second-order valence-corrected chi connectivity index (χ2v) is 3.42. The van der Waals surface area contributed by atoms with E-state index in [0.29, 0.717) is 0 Å². The Hall–Kier alpha value is -1.35. The Labute approximate surface area is 83.8 Å². The summed E-state index contributed by atoms with van der Waals surface area (Å²) in [5.74, 6) is -0.158. The topological polar surface area (TPSA) is 49.3 Å². The quantitative estimate of drug-likeness (QED) is 0.767. The van der Waals surface area contributed by atoms with Crippen molar-refractivity contribution in [2.45, 2.75) is 26.4 Å². The van der Waals surface area contributed by atoms with Crippen LogP contribution in [0.2, 0.25) is 0 Å². The largest absolute Gasteiger partial charge is 0.393 e. The first kappa shape index (κ1) is 10.7. The van der Waals surface area contributed by atoms with Crippen molar-refractivity contribution in [1.82, 2.24) is 0 Å². The van der Waals surface area contributed by atoms with Gasteiger partial charge in [-0.1, -0.05) is 18.2 Å². The van der Waals surface area contributed by atoms with Crippen LogP contribution in [0.5, 0.6) is 0 Å². The van der Waals surface area contributed by atoms with E-state index in [1.165, 1.54) is 0 Å². The van der Waals surface area contributed by atoms with Crippen LogP contribution in [0.3, 0.4) is 0 Å². The molecular formula is C11H15NO2. The van der Waals surface area contributed by atoms with Crippen molar-refractivity contribution in [3.05, 3.63) is 29.8 Å². The number of aliphatic hydroxyl groups is 1. The van der Waals surface area contributed by atoms with Crippen LogP contribution in [0.1, 0.15) is 18.9 Å². The molecule has 0 aliphatic carbocycles. The van der Waals surface area contributed by atoms with Crippen LogP contribution < -0.4 is 5.32 Å². The molecule has 0 aliphatic rings. The van der Waals surface area contributed by atoms with Gasteiger partial charge in [-0.3, -0.25) is 4.79 Å². The number of nitrogens with one attached hydrogen (secondary N) is 1. The lowest BCUT2D eigenvalue weighted by molar-refractivity contribution is -0.117. The van der Waals surface area contributed by atoms with Crippen LogP contribution in [-0.2, 0) is 4.79 Å². The fourth-order valence-corrected chi connectivity index (χ4v) is 1.18. The number of hydrogen-bond acceptors (Lipinski definition) is 2. The lowest BCUT2D eigenvalue weighted by Crippen LogP contribution is -2.17. The number of amides is 1. The highest BCUT2D eigenvalue weighted by atomic mass is 16.3. The third kappa shape index (κ3) is 3.18. The molecule has 0 aliphatic heterocycles. The van der Waals surface area contributed by atoms with Gasteiger partial charge in [0.25, 0.3) is 0 Å². The number of anilines is 1. The highest BCUT2D eigenvalue weighted by molar-refractivity contribution is 5.91. The fourth-order valence-electron chi connectivity index (χ4n) is 1.18. The van der Waals surface area contributed by atoms with Crippen molar-refractivity contribution in [3.63, 3.8) is 0 Å². The summed E-state index contributed by atoms with van der Waals surface area (Å²) in [5.41, 5.74) is 1.82. The normalized spacial score (nSPS) is 12.2. The molecule has 2 N–H and O–H groups in total. The number of aliphatic hydroxyl groups excluding tert-OH is 1. The van der Waals surface area contributed by atoms with E-state index in [-0.39, 0.29) is 12.3 Å². The first-order chi connectivity index (χ1) is 6.59. The molecular weight excluding hydrogens is 178 g/mol. The first-order valence-electron chi connectivity index (χ1n) is 4.63. The summed E-state index contributed by atoms with van der Waals surface area (Å²) in [5, 5.41) is 11.8. The molecule has 1 amide bonds. The molecule has 0 spiro atoms. The number of para-hydroxylation sites is 1.